The lowest BCUT2D eigenvalue weighted by Gasteiger charge is -2.37. The number of allylic oxidation sites excluding steroid dienone is 2. The van der Waals surface area contributed by atoms with Crippen molar-refractivity contribution >= 4 is 16.9 Å². The van der Waals surface area contributed by atoms with E-state index in [1.165, 1.54) is 0 Å². The average molecular weight is 313 g/mol. The highest BCUT2D eigenvalue weighted by atomic mass is 16.5. The molecule has 6 nitrogen and oxygen atoms in total. The summed E-state index contributed by atoms with van der Waals surface area (Å²) in [5.41, 5.74) is 6.93. The zero-order valence-electron chi connectivity index (χ0n) is 13.5. The van der Waals surface area contributed by atoms with E-state index in [0.29, 0.717) is 25.7 Å². The summed E-state index contributed by atoms with van der Waals surface area (Å²) in [6.07, 6.45) is 9.74. The minimum atomic E-state index is -0.278. The Morgan fingerprint density at radius 1 is 1.39 bits per heavy atom. The Morgan fingerprint density at radius 2 is 2.26 bits per heavy atom. The number of hydrogen-bond acceptors (Lipinski definition) is 5. The highest BCUT2D eigenvalue weighted by Crippen LogP contribution is 2.30. The molecule has 2 aromatic rings. The van der Waals surface area contributed by atoms with Crippen molar-refractivity contribution in [3.63, 3.8) is 0 Å². The molecule has 2 aliphatic rings. The highest BCUT2D eigenvalue weighted by molar-refractivity contribution is 5.87. The molecule has 1 atom stereocenters. The minimum Gasteiger partial charge on any atom is -0.377 e. The zero-order chi connectivity index (χ0) is 15.9. The van der Waals surface area contributed by atoms with Crippen molar-refractivity contribution < 1.29 is 4.74 Å². The van der Waals surface area contributed by atoms with Gasteiger partial charge in [-0.25, -0.2) is 9.97 Å². The Balaban J connectivity index is 1.67. The molecule has 0 saturated carbocycles. The van der Waals surface area contributed by atoms with Gasteiger partial charge in [0, 0.05) is 25.7 Å². The molecule has 1 fully saturated rings. The first-order valence-corrected chi connectivity index (χ1v) is 8.23. The maximum Gasteiger partial charge on any atom is 0.145 e. The van der Waals surface area contributed by atoms with Crippen molar-refractivity contribution in [3.05, 3.63) is 30.2 Å². The number of aromatic nitrogens is 3. The van der Waals surface area contributed by atoms with Crippen molar-refractivity contribution in [2.24, 2.45) is 12.8 Å². The molecule has 0 bridgehead atoms. The summed E-state index contributed by atoms with van der Waals surface area (Å²) in [4.78, 5) is 9.65. The zero-order valence-corrected chi connectivity index (χ0v) is 13.5. The van der Waals surface area contributed by atoms with Gasteiger partial charge in [-0.15, -0.1) is 0 Å². The Bertz CT molecular complexity index is 747. The van der Waals surface area contributed by atoms with Crippen LogP contribution in [-0.4, -0.2) is 39.8 Å². The van der Waals surface area contributed by atoms with Crippen LogP contribution in [0.1, 0.15) is 31.0 Å². The molecule has 1 unspecified atom stereocenters. The molecule has 4 rings (SSSR count). The molecule has 6 heteroatoms. The van der Waals surface area contributed by atoms with Crippen molar-refractivity contribution in [2.75, 3.05) is 25.1 Å². The summed E-state index contributed by atoms with van der Waals surface area (Å²) in [5.74, 6) is 2.22. The van der Waals surface area contributed by atoms with Crippen LogP contribution in [0.4, 0.5) is 5.82 Å². The summed E-state index contributed by atoms with van der Waals surface area (Å²) in [5, 5.41) is 4.48. The Labute approximate surface area is 135 Å². The van der Waals surface area contributed by atoms with Crippen LogP contribution in [0.5, 0.6) is 0 Å². The molecular formula is C17H23N5O. The summed E-state index contributed by atoms with van der Waals surface area (Å²) in [7, 11) is 2.02. The third-order valence-electron chi connectivity index (χ3n) is 4.76. The first-order chi connectivity index (χ1) is 11.1. The predicted octanol–water partition coefficient (Wildman–Crippen LogP) is 1.93. The van der Waals surface area contributed by atoms with Gasteiger partial charge in [0.1, 0.15) is 17.3 Å². The van der Waals surface area contributed by atoms with Crippen molar-refractivity contribution in [1.29, 1.82) is 0 Å². The van der Waals surface area contributed by atoms with Crippen molar-refractivity contribution in [3.8, 4) is 0 Å². The number of hydrogen-bond donors (Lipinski definition) is 2. The maximum absolute atomic E-state index is 6.24. The molecule has 2 aromatic heterocycles. The number of rotatable bonds is 4. The van der Waals surface area contributed by atoms with Crippen LogP contribution in [0.25, 0.3) is 11.0 Å². The molecule has 1 aliphatic carbocycles. The number of aryl methyl sites for hydroxylation is 1. The van der Waals surface area contributed by atoms with Crippen molar-refractivity contribution in [2.45, 2.75) is 30.7 Å². The van der Waals surface area contributed by atoms with Crippen LogP contribution >= 0.6 is 0 Å². The summed E-state index contributed by atoms with van der Waals surface area (Å²) in [6.45, 7) is 1.87. The van der Waals surface area contributed by atoms with E-state index in [2.05, 4.69) is 28.1 Å². The van der Waals surface area contributed by atoms with E-state index in [1.807, 2.05) is 13.2 Å². The standard InChI is InChI=1S/C17H23N5O/c1-22-8-7-13-15(19-9-17(18)10-23-11-17)20-14(21-16(13)22)12-5-3-2-4-6-12/h2-3,7-8,12H,4-6,9-11,18H2,1H3,(H,19,20,21). The number of nitrogens with two attached hydrogens (primary N) is 1. The lowest BCUT2D eigenvalue weighted by molar-refractivity contribution is -0.0461. The third-order valence-corrected chi connectivity index (χ3v) is 4.76. The van der Waals surface area contributed by atoms with Crippen LogP contribution in [0.2, 0.25) is 0 Å². The molecule has 3 heterocycles. The van der Waals surface area contributed by atoms with E-state index in [0.717, 1.165) is 41.9 Å². The third kappa shape index (κ3) is 2.72. The van der Waals surface area contributed by atoms with E-state index in [4.69, 9.17) is 20.4 Å². The second-order valence-corrected chi connectivity index (χ2v) is 6.78. The van der Waals surface area contributed by atoms with Gasteiger partial charge in [-0.3, -0.25) is 0 Å². The van der Waals surface area contributed by atoms with Crippen LogP contribution in [-0.2, 0) is 11.8 Å². The normalized spacial score (nSPS) is 23.0. The Morgan fingerprint density at radius 3 is 2.96 bits per heavy atom. The number of nitrogens with one attached hydrogen (secondary N) is 1. The van der Waals surface area contributed by atoms with Crippen LogP contribution in [0.15, 0.2) is 24.4 Å². The largest absolute Gasteiger partial charge is 0.377 e. The molecule has 1 aliphatic heterocycles. The molecule has 0 spiro atoms. The second-order valence-electron chi connectivity index (χ2n) is 6.78. The predicted molar refractivity (Wildman–Crippen MR) is 90.5 cm³/mol. The second kappa shape index (κ2) is 5.62. The fraction of sp³-hybridized carbons (Fsp3) is 0.529. The van der Waals surface area contributed by atoms with E-state index >= 15 is 0 Å². The number of anilines is 1. The smallest absolute Gasteiger partial charge is 0.145 e. The first-order valence-electron chi connectivity index (χ1n) is 8.23. The first kappa shape index (κ1) is 14.7. The quantitative estimate of drug-likeness (QED) is 0.843. The highest BCUT2D eigenvalue weighted by Gasteiger charge is 2.34. The van der Waals surface area contributed by atoms with Gasteiger partial charge < -0.3 is 20.4 Å². The van der Waals surface area contributed by atoms with Gasteiger partial charge in [0.25, 0.3) is 0 Å². The lowest BCUT2D eigenvalue weighted by Crippen LogP contribution is -2.61. The maximum atomic E-state index is 6.24. The van der Waals surface area contributed by atoms with E-state index in [9.17, 15) is 0 Å². The fourth-order valence-electron chi connectivity index (χ4n) is 3.23. The van der Waals surface area contributed by atoms with Gasteiger partial charge in [0.05, 0.1) is 24.1 Å². The van der Waals surface area contributed by atoms with Gasteiger partial charge in [0.2, 0.25) is 0 Å². The van der Waals surface area contributed by atoms with E-state index < -0.39 is 0 Å². The van der Waals surface area contributed by atoms with Gasteiger partial charge >= 0.3 is 0 Å². The summed E-state index contributed by atoms with van der Waals surface area (Å²) in [6, 6.07) is 2.06. The van der Waals surface area contributed by atoms with Crippen LogP contribution < -0.4 is 11.1 Å². The SMILES string of the molecule is Cn1ccc2c(NCC3(N)COC3)nc(C3CC=CCC3)nc21. The van der Waals surface area contributed by atoms with E-state index in [-0.39, 0.29) is 5.54 Å². The number of nitrogens with zero attached hydrogens (tertiary/aromatic N) is 3. The molecular weight excluding hydrogens is 290 g/mol. The van der Waals surface area contributed by atoms with Crippen LogP contribution in [0, 0.1) is 0 Å². The van der Waals surface area contributed by atoms with Crippen molar-refractivity contribution in [1.82, 2.24) is 14.5 Å². The fourth-order valence-corrected chi connectivity index (χ4v) is 3.23. The average Bonchev–Trinajstić information content (AvgIpc) is 2.93. The van der Waals surface area contributed by atoms with Gasteiger partial charge in [0.15, 0.2) is 0 Å². The molecule has 1 saturated heterocycles. The van der Waals surface area contributed by atoms with Gasteiger partial charge in [-0.1, -0.05) is 12.2 Å². The number of ether oxygens (including phenoxy) is 1. The Hall–Kier alpha value is -1.92. The topological polar surface area (TPSA) is 78.0 Å². The molecule has 3 N–H and O–H groups in total. The monoisotopic (exact) mass is 313 g/mol. The van der Waals surface area contributed by atoms with Gasteiger partial charge in [-0.05, 0) is 25.3 Å². The molecule has 0 aromatic carbocycles. The lowest BCUT2D eigenvalue weighted by atomic mass is 9.93. The summed E-state index contributed by atoms with van der Waals surface area (Å²) < 4.78 is 7.28. The van der Waals surface area contributed by atoms with E-state index in [1.54, 1.807) is 0 Å². The van der Waals surface area contributed by atoms with Crippen LogP contribution in [0.3, 0.4) is 0 Å². The Kier molecular flexibility index (Phi) is 3.58. The molecule has 23 heavy (non-hydrogen) atoms. The van der Waals surface area contributed by atoms with Gasteiger partial charge in [-0.2, -0.15) is 0 Å². The molecule has 0 amide bonds. The summed E-state index contributed by atoms with van der Waals surface area (Å²) >= 11 is 0. The molecule has 0 radical (unpaired) electrons. The minimum absolute atomic E-state index is 0.278. The number of fused-ring (bicyclic) bond motifs is 1. The molecule has 122 valence electrons.